The van der Waals surface area contributed by atoms with Crippen LogP contribution in [0.5, 0.6) is 5.75 Å². The van der Waals surface area contributed by atoms with Crippen LogP contribution in [0.4, 0.5) is 11.4 Å². The SMILES string of the molecule is CON(C)S(=O)(=O)c1cccc(C(=O)Nc2ccc3c(c2)NC(=O)[C@@H](C)O3)c1. The summed E-state index contributed by atoms with van der Waals surface area (Å²) in [6.07, 6.45) is -0.595. The van der Waals surface area contributed by atoms with E-state index in [2.05, 4.69) is 10.6 Å². The number of hydroxylamine groups is 1. The van der Waals surface area contributed by atoms with Crippen molar-refractivity contribution < 1.29 is 27.6 Å². The third-order valence-electron chi connectivity index (χ3n) is 4.16. The topological polar surface area (TPSA) is 114 Å². The molecular weight excluding hydrogens is 386 g/mol. The maximum absolute atomic E-state index is 12.5. The number of carbonyl (C=O) groups is 2. The standard InChI is InChI=1S/C18H19N3O6S/c1-11-17(22)20-15-10-13(7-8-16(15)27-11)19-18(23)12-5-4-6-14(9-12)28(24,25)21(2)26-3/h4-11H,1-3H3,(H,19,23)(H,20,22)/t11-/m1/s1. The summed E-state index contributed by atoms with van der Waals surface area (Å²) < 4.78 is 30.8. The molecular formula is C18H19N3O6S. The monoisotopic (exact) mass is 405 g/mol. The number of benzene rings is 2. The molecule has 0 unspecified atom stereocenters. The summed E-state index contributed by atoms with van der Waals surface area (Å²) in [5.74, 6) is -0.287. The number of nitrogens with zero attached hydrogens (tertiary/aromatic N) is 1. The molecule has 2 N–H and O–H groups in total. The van der Waals surface area contributed by atoms with Crippen LogP contribution in [-0.4, -0.2) is 45.0 Å². The van der Waals surface area contributed by atoms with Crippen LogP contribution < -0.4 is 15.4 Å². The number of fused-ring (bicyclic) bond motifs is 1. The van der Waals surface area contributed by atoms with Gasteiger partial charge in [0.2, 0.25) is 0 Å². The number of hydrogen-bond acceptors (Lipinski definition) is 6. The van der Waals surface area contributed by atoms with Crippen LogP contribution in [0.15, 0.2) is 47.4 Å². The highest BCUT2D eigenvalue weighted by molar-refractivity contribution is 7.89. The van der Waals surface area contributed by atoms with Crippen molar-refractivity contribution in [3.05, 3.63) is 48.0 Å². The smallest absolute Gasteiger partial charge is 0.265 e. The van der Waals surface area contributed by atoms with E-state index in [9.17, 15) is 18.0 Å². The Morgan fingerprint density at radius 3 is 2.71 bits per heavy atom. The lowest BCUT2D eigenvalue weighted by molar-refractivity contribution is -0.122. The maximum atomic E-state index is 12.5. The molecule has 1 heterocycles. The van der Waals surface area contributed by atoms with Crippen LogP contribution >= 0.6 is 0 Å². The van der Waals surface area contributed by atoms with Crippen molar-refractivity contribution in [1.82, 2.24) is 4.47 Å². The molecule has 9 nitrogen and oxygen atoms in total. The quantitative estimate of drug-likeness (QED) is 0.734. The number of anilines is 2. The van der Waals surface area contributed by atoms with Crippen molar-refractivity contribution in [3.63, 3.8) is 0 Å². The highest BCUT2D eigenvalue weighted by Crippen LogP contribution is 2.32. The number of rotatable bonds is 5. The van der Waals surface area contributed by atoms with E-state index in [1.807, 2.05) is 0 Å². The molecule has 2 aromatic carbocycles. The fourth-order valence-electron chi connectivity index (χ4n) is 2.53. The average Bonchev–Trinajstić information content (AvgIpc) is 2.68. The molecule has 28 heavy (non-hydrogen) atoms. The zero-order valence-corrected chi connectivity index (χ0v) is 16.2. The first-order valence-corrected chi connectivity index (χ1v) is 9.72. The second-order valence-electron chi connectivity index (χ2n) is 6.04. The van der Waals surface area contributed by atoms with Gasteiger partial charge < -0.3 is 15.4 Å². The summed E-state index contributed by atoms with van der Waals surface area (Å²) in [6.45, 7) is 1.63. The van der Waals surface area contributed by atoms with Crippen LogP contribution in [0, 0.1) is 0 Å². The fraction of sp³-hybridized carbons (Fsp3) is 0.222. The Kier molecular flexibility index (Phi) is 5.36. The number of sulfonamides is 1. The van der Waals surface area contributed by atoms with Crippen molar-refractivity contribution in [1.29, 1.82) is 0 Å². The maximum Gasteiger partial charge on any atom is 0.265 e. The van der Waals surface area contributed by atoms with Gasteiger partial charge in [0.15, 0.2) is 6.10 Å². The first-order valence-electron chi connectivity index (χ1n) is 8.28. The summed E-state index contributed by atoms with van der Waals surface area (Å²) in [4.78, 5) is 28.9. The molecule has 1 aliphatic heterocycles. The van der Waals surface area contributed by atoms with Gasteiger partial charge in [0.25, 0.3) is 21.8 Å². The van der Waals surface area contributed by atoms with Gasteiger partial charge in [-0.3, -0.25) is 14.4 Å². The zero-order valence-electron chi connectivity index (χ0n) is 15.4. The lowest BCUT2D eigenvalue weighted by Gasteiger charge is -2.23. The molecule has 0 saturated carbocycles. The van der Waals surface area contributed by atoms with Crippen LogP contribution in [0.3, 0.4) is 0 Å². The minimum atomic E-state index is -3.87. The highest BCUT2D eigenvalue weighted by Gasteiger charge is 2.24. The molecule has 0 saturated heterocycles. The van der Waals surface area contributed by atoms with E-state index in [4.69, 9.17) is 9.57 Å². The normalized spacial score (nSPS) is 16.1. The van der Waals surface area contributed by atoms with E-state index in [1.165, 1.54) is 38.4 Å². The second-order valence-corrected chi connectivity index (χ2v) is 7.98. The van der Waals surface area contributed by atoms with Gasteiger partial charge in [0.1, 0.15) is 5.75 Å². The van der Waals surface area contributed by atoms with Crippen molar-refractivity contribution in [3.8, 4) is 5.75 Å². The molecule has 0 fully saturated rings. The molecule has 0 aromatic heterocycles. The van der Waals surface area contributed by atoms with Gasteiger partial charge in [-0.2, -0.15) is 0 Å². The Morgan fingerprint density at radius 1 is 1.25 bits per heavy atom. The molecule has 0 radical (unpaired) electrons. The number of carbonyl (C=O) groups excluding carboxylic acids is 2. The van der Waals surface area contributed by atoms with E-state index in [0.717, 1.165) is 0 Å². The third-order valence-corrected chi connectivity index (χ3v) is 5.83. The minimum Gasteiger partial charge on any atom is -0.479 e. The van der Waals surface area contributed by atoms with Crippen LogP contribution in [0.2, 0.25) is 0 Å². The molecule has 0 aliphatic carbocycles. The summed E-state index contributed by atoms with van der Waals surface area (Å²) in [5, 5.41) is 5.37. The Balaban J connectivity index is 1.82. The first kappa shape index (κ1) is 19.8. The van der Waals surface area contributed by atoms with Gasteiger partial charge in [-0.25, -0.2) is 8.42 Å². The van der Waals surface area contributed by atoms with Crippen molar-refractivity contribution in [2.24, 2.45) is 0 Å². The van der Waals surface area contributed by atoms with Gasteiger partial charge in [-0.05, 0) is 43.3 Å². The number of nitrogens with one attached hydrogen (secondary N) is 2. The fourth-order valence-corrected chi connectivity index (χ4v) is 3.55. The van der Waals surface area contributed by atoms with E-state index in [0.29, 0.717) is 21.6 Å². The van der Waals surface area contributed by atoms with Crippen LogP contribution in [0.25, 0.3) is 0 Å². The van der Waals surface area contributed by atoms with E-state index >= 15 is 0 Å². The van der Waals surface area contributed by atoms with Crippen molar-refractivity contribution in [2.45, 2.75) is 17.9 Å². The molecule has 10 heteroatoms. The van der Waals surface area contributed by atoms with Crippen molar-refractivity contribution in [2.75, 3.05) is 24.8 Å². The largest absolute Gasteiger partial charge is 0.479 e. The molecule has 2 aromatic rings. The number of ether oxygens (including phenoxy) is 1. The van der Waals surface area contributed by atoms with Gasteiger partial charge in [0, 0.05) is 18.3 Å². The van der Waals surface area contributed by atoms with E-state index in [-0.39, 0.29) is 16.4 Å². The van der Waals surface area contributed by atoms with Crippen LogP contribution in [0.1, 0.15) is 17.3 Å². The molecule has 148 valence electrons. The molecule has 1 atom stereocenters. The zero-order chi connectivity index (χ0) is 20.5. The van der Waals surface area contributed by atoms with E-state index in [1.54, 1.807) is 25.1 Å². The Morgan fingerprint density at radius 2 is 2.00 bits per heavy atom. The molecule has 2 amide bonds. The lowest BCUT2D eigenvalue weighted by Crippen LogP contribution is -2.34. The first-order chi connectivity index (χ1) is 13.2. The Labute approximate surface area is 162 Å². The van der Waals surface area contributed by atoms with Gasteiger partial charge in [-0.1, -0.05) is 10.5 Å². The Bertz CT molecular complexity index is 1040. The van der Waals surface area contributed by atoms with Gasteiger partial charge >= 0.3 is 0 Å². The third kappa shape index (κ3) is 3.84. The molecule has 0 bridgehead atoms. The molecule has 3 rings (SSSR count). The number of hydrogen-bond donors (Lipinski definition) is 2. The summed E-state index contributed by atoms with van der Waals surface area (Å²) >= 11 is 0. The van der Waals surface area contributed by atoms with Crippen molar-refractivity contribution >= 4 is 33.2 Å². The summed E-state index contributed by atoms with van der Waals surface area (Å²) in [7, 11) is -1.39. The minimum absolute atomic E-state index is 0.0791. The van der Waals surface area contributed by atoms with Gasteiger partial charge in [-0.15, -0.1) is 0 Å². The molecule has 1 aliphatic rings. The number of amides is 2. The predicted octanol–water partition coefficient (Wildman–Crippen LogP) is 1.84. The molecule has 0 spiro atoms. The highest BCUT2D eigenvalue weighted by atomic mass is 32.2. The average molecular weight is 405 g/mol. The van der Waals surface area contributed by atoms with Crippen LogP contribution in [-0.2, 0) is 19.7 Å². The lowest BCUT2D eigenvalue weighted by atomic mass is 10.2. The Hall–Kier alpha value is -2.95. The second kappa shape index (κ2) is 7.58. The van der Waals surface area contributed by atoms with E-state index < -0.39 is 22.0 Å². The predicted molar refractivity (Wildman–Crippen MR) is 102 cm³/mol. The summed E-state index contributed by atoms with van der Waals surface area (Å²) in [6, 6.07) is 10.4. The summed E-state index contributed by atoms with van der Waals surface area (Å²) in [5.41, 5.74) is 1.01. The van der Waals surface area contributed by atoms with Gasteiger partial charge in [0.05, 0.1) is 17.7 Å².